The molecular formula is C18H20N6O. The van der Waals surface area contributed by atoms with E-state index in [9.17, 15) is 0 Å². The second-order valence-corrected chi connectivity index (χ2v) is 5.66. The van der Waals surface area contributed by atoms with Crippen molar-refractivity contribution >= 4 is 17.5 Å². The van der Waals surface area contributed by atoms with E-state index in [1.807, 2.05) is 56.3 Å². The van der Waals surface area contributed by atoms with Crippen molar-refractivity contribution in [2.75, 3.05) is 10.6 Å². The molecule has 0 spiro atoms. The zero-order valence-corrected chi connectivity index (χ0v) is 14.2. The van der Waals surface area contributed by atoms with Gasteiger partial charge in [0.2, 0.25) is 5.95 Å². The predicted octanol–water partition coefficient (Wildman–Crippen LogP) is 3.41. The Morgan fingerprint density at radius 1 is 1.08 bits per heavy atom. The molecule has 3 rings (SSSR count). The highest BCUT2D eigenvalue weighted by Crippen LogP contribution is 2.19. The lowest BCUT2D eigenvalue weighted by molar-refractivity contribution is 0.242. The zero-order chi connectivity index (χ0) is 17.5. The molecule has 25 heavy (non-hydrogen) atoms. The van der Waals surface area contributed by atoms with Crippen LogP contribution in [0.4, 0.5) is 17.5 Å². The lowest BCUT2D eigenvalue weighted by Gasteiger charge is -2.11. The van der Waals surface area contributed by atoms with Crippen molar-refractivity contribution in [3.8, 4) is 5.75 Å². The summed E-state index contributed by atoms with van der Waals surface area (Å²) in [6.07, 6.45) is 3.48. The van der Waals surface area contributed by atoms with Gasteiger partial charge < -0.3 is 15.4 Å². The molecule has 0 atom stereocenters. The third kappa shape index (κ3) is 5.13. The first-order valence-corrected chi connectivity index (χ1v) is 8.06. The van der Waals surface area contributed by atoms with Crippen LogP contribution in [0.3, 0.4) is 0 Å². The van der Waals surface area contributed by atoms with Crippen molar-refractivity contribution in [2.24, 2.45) is 0 Å². The number of hydrogen-bond acceptors (Lipinski definition) is 7. The van der Waals surface area contributed by atoms with Crippen LogP contribution >= 0.6 is 0 Å². The van der Waals surface area contributed by atoms with Gasteiger partial charge in [-0.05, 0) is 50.2 Å². The van der Waals surface area contributed by atoms with Crippen LogP contribution in [0.2, 0.25) is 0 Å². The lowest BCUT2D eigenvalue weighted by Crippen LogP contribution is -2.07. The number of nitrogens with one attached hydrogen (secondary N) is 2. The highest BCUT2D eigenvalue weighted by atomic mass is 16.5. The van der Waals surface area contributed by atoms with E-state index in [0.29, 0.717) is 18.3 Å². The lowest BCUT2D eigenvalue weighted by atomic mass is 10.3. The fourth-order valence-electron chi connectivity index (χ4n) is 2.14. The topological polar surface area (TPSA) is 84.9 Å². The van der Waals surface area contributed by atoms with E-state index < -0.39 is 0 Å². The summed E-state index contributed by atoms with van der Waals surface area (Å²) in [4.78, 5) is 8.66. The maximum absolute atomic E-state index is 5.63. The summed E-state index contributed by atoms with van der Waals surface area (Å²) < 4.78 is 5.63. The Morgan fingerprint density at radius 2 is 1.92 bits per heavy atom. The van der Waals surface area contributed by atoms with E-state index >= 15 is 0 Å². The molecule has 2 N–H and O–H groups in total. The number of hydrogen-bond donors (Lipinski definition) is 2. The van der Waals surface area contributed by atoms with Crippen LogP contribution in [-0.4, -0.2) is 26.3 Å². The number of anilines is 3. The van der Waals surface area contributed by atoms with Gasteiger partial charge in [0.15, 0.2) is 5.82 Å². The van der Waals surface area contributed by atoms with Crippen LogP contribution in [0.15, 0.2) is 54.9 Å². The first kappa shape index (κ1) is 16.6. The Kier molecular flexibility index (Phi) is 5.36. The van der Waals surface area contributed by atoms with Crippen LogP contribution in [0.1, 0.15) is 19.5 Å². The molecule has 0 aliphatic rings. The van der Waals surface area contributed by atoms with E-state index in [2.05, 4.69) is 30.8 Å². The van der Waals surface area contributed by atoms with Gasteiger partial charge in [-0.3, -0.25) is 4.98 Å². The van der Waals surface area contributed by atoms with Crippen LogP contribution in [0.25, 0.3) is 0 Å². The minimum Gasteiger partial charge on any atom is -0.491 e. The van der Waals surface area contributed by atoms with E-state index in [-0.39, 0.29) is 6.10 Å². The minimum atomic E-state index is 0.146. The monoisotopic (exact) mass is 336 g/mol. The van der Waals surface area contributed by atoms with Gasteiger partial charge in [-0.25, -0.2) is 0 Å². The Balaban J connectivity index is 1.61. The number of rotatable bonds is 7. The predicted molar refractivity (Wildman–Crippen MR) is 96.9 cm³/mol. The highest BCUT2D eigenvalue weighted by Gasteiger charge is 2.03. The molecule has 2 aromatic heterocycles. The first-order valence-electron chi connectivity index (χ1n) is 8.06. The summed E-state index contributed by atoms with van der Waals surface area (Å²) >= 11 is 0. The van der Waals surface area contributed by atoms with Gasteiger partial charge in [0.1, 0.15) is 5.75 Å². The molecule has 128 valence electrons. The molecule has 0 amide bonds. The summed E-state index contributed by atoms with van der Waals surface area (Å²) in [6.45, 7) is 4.56. The number of nitrogens with zero attached hydrogens (tertiary/aromatic N) is 4. The SMILES string of the molecule is CC(C)Oc1ccc(Nc2nncc(NCc3ccccn3)n2)cc1. The Hall–Kier alpha value is -3.22. The molecule has 0 aliphatic heterocycles. The molecule has 7 nitrogen and oxygen atoms in total. The molecular weight excluding hydrogens is 316 g/mol. The molecule has 0 saturated carbocycles. The van der Waals surface area contributed by atoms with Gasteiger partial charge in [0, 0.05) is 11.9 Å². The van der Waals surface area contributed by atoms with E-state index in [0.717, 1.165) is 17.1 Å². The van der Waals surface area contributed by atoms with Crippen molar-refractivity contribution in [1.29, 1.82) is 0 Å². The number of benzene rings is 1. The molecule has 3 aromatic rings. The third-order valence-corrected chi connectivity index (χ3v) is 3.22. The van der Waals surface area contributed by atoms with E-state index in [4.69, 9.17) is 4.74 Å². The molecule has 0 fully saturated rings. The van der Waals surface area contributed by atoms with Gasteiger partial charge in [-0.1, -0.05) is 6.07 Å². The zero-order valence-electron chi connectivity index (χ0n) is 14.2. The van der Waals surface area contributed by atoms with Gasteiger partial charge in [0.25, 0.3) is 0 Å². The first-order chi connectivity index (χ1) is 12.2. The Labute approximate surface area is 146 Å². The number of aromatic nitrogens is 4. The normalized spacial score (nSPS) is 10.5. The Morgan fingerprint density at radius 3 is 2.64 bits per heavy atom. The largest absolute Gasteiger partial charge is 0.491 e. The second kappa shape index (κ2) is 8.05. The third-order valence-electron chi connectivity index (χ3n) is 3.22. The van der Waals surface area contributed by atoms with Gasteiger partial charge in [0.05, 0.1) is 24.5 Å². The quantitative estimate of drug-likeness (QED) is 0.684. The fourth-order valence-corrected chi connectivity index (χ4v) is 2.14. The molecule has 0 unspecified atom stereocenters. The molecule has 0 saturated heterocycles. The average molecular weight is 336 g/mol. The Bertz CT molecular complexity index is 792. The van der Waals surface area contributed by atoms with Crippen LogP contribution in [0, 0.1) is 0 Å². The van der Waals surface area contributed by atoms with E-state index in [1.54, 1.807) is 12.4 Å². The summed E-state index contributed by atoms with van der Waals surface area (Å²) in [5.74, 6) is 1.87. The average Bonchev–Trinajstić information content (AvgIpc) is 2.62. The van der Waals surface area contributed by atoms with Crippen molar-refractivity contribution in [3.05, 3.63) is 60.6 Å². The van der Waals surface area contributed by atoms with E-state index in [1.165, 1.54) is 0 Å². The van der Waals surface area contributed by atoms with Gasteiger partial charge in [-0.2, -0.15) is 10.1 Å². The van der Waals surface area contributed by atoms with Crippen molar-refractivity contribution in [1.82, 2.24) is 20.2 Å². The summed E-state index contributed by atoms with van der Waals surface area (Å²) in [5.41, 5.74) is 1.79. The summed E-state index contributed by atoms with van der Waals surface area (Å²) in [7, 11) is 0. The van der Waals surface area contributed by atoms with Crippen molar-refractivity contribution in [3.63, 3.8) is 0 Å². The molecule has 1 aromatic carbocycles. The summed E-state index contributed by atoms with van der Waals surface area (Å²) in [5, 5.41) is 14.3. The number of ether oxygens (including phenoxy) is 1. The molecule has 0 bridgehead atoms. The molecule has 0 radical (unpaired) electrons. The van der Waals surface area contributed by atoms with Gasteiger partial charge >= 0.3 is 0 Å². The minimum absolute atomic E-state index is 0.146. The fraction of sp³-hybridized carbons (Fsp3) is 0.222. The maximum Gasteiger partial charge on any atom is 0.249 e. The maximum atomic E-state index is 5.63. The van der Waals surface area contributed by atoms with Crippen LogP contribution < -0.4 is 15.4 Å². The standard InChI is InChI=1S/C18H20N6O/c1-13(2)25-16-8-6-14(7-9-16)22-18-23-17(12-21-24-18)20-11-15-5-3-4-10-19-15/h3-10,12-13H,11H2,1-2H3,(H2,20,22,23,24). The van der Waals surface area contributed by atoms with Crippen molar-refractivity contribution in [2.45, 2.75) is 26.5 Å². The molecule has 7 heteroatoms. The molecule has 2 heterocycles. The number of pyridine rings is 1. The summed E-state index contributed by atoms with van der Waals surface area (Å²) in [6, 6.07) is 13.4. The van der Waals surface area contributed by atoms with Crippen molar-refractivity contribution < 1.29 is 4.74 Å². The second-order valence-electron chi connectivity index (χ2n) is 5.66. The molecule has 0 aliphatic carbocycles. The highest BCUT2D eigenvalue weighted by molar-refractivity contribution is 5.55. The smallest absolute Gasteiger partial charge is 0.249 e. The van der Waals surface area contributed by atoms with Crippen LogP contribution in [-0.2, 0) is 6.54 Å². The van der Waals surface area contributed by atoms with Crippen LogP contribution in [0.5, 0.6) is 5.75 Å². The van der Waals surface area contributed by atoms with Gasteiger partial charge in [-0.15, -0.1) is 5.10 Å².